The van der Waals surface area contributed by atoms with Crippen LogP contribution in [0.15, 0.2) is 205 Å². The molecular weight excluding hydrogens is 671 g/mol. The monoisotopic (exact) mass is 703 g/mol. The molecule has 0 aliphatic rings. The minimum Gasteiger partial charge on any atom is -0.435 e. The second-order valence-corrected chi connectivity index (χ2v) is 14.0. The van der Waals surface area contributed by atoms with Gasteiger partial charge in [-0.05, 0) is 106 Å². The summed E-state index contributed by atoms with van der Waals surface area (Å²) in [5, 5.41) is 7.04. The van der Waals surface area contributed by atoms with Crippen LogP contribution >= 0.6 is 0 Å². The topological polar surface area (TPSA) is 34.2 Å². The largest absolute Gasteiger partial charge is 0.435 e. The number of aromatic nitrogens is 2. The van der Waals surface area contributed by atoms with Gasteiger partial charge in [-0.15, -0.1) is 0 Å². The lowest BCUT2D eigenvalue weighted by molar-refractivity contribution is 0.623. The highest BCUT2D eigenvalue weighted by molar-refractivity contribution is 6.11. The van der Waals surface area contributed by atoms with Gasteiger partial charge in [0.05, 0.1) is 11.0 Å². The van der Waals surface area contributed by atoms with Gasteiger partial charge in [-0.3, -0.25) is 0 Å². The molecule has 9 aromatic carbocycles. The van der Waals surface area contributed by atoms with E-state index in [4.69, 9.17) is 9.40 Å². The first-order chi connectivity index (χ1) is 27.3. The van der Waals surface area contributed by atoms with Gasteiger partial charge in [0.2, 0.25) is 5.89 Å². The number of nitrogens with zero attached hydrogens (tertiary/aromatic N) is 3. The van der Waals surface area contributed by atoms with Crippen LogP contribution in [0.2, 0.25) is 0 Å². The Morgan fingerprint density at radius 3 is 1.91 bits per heavy atom. The van der Waals surface area contributed by atoms with E-state index in [-0.39, 0.29) is 0 Å². The van der Waals surface area contributed by atoms with Crippen molar-refractivity contribution in [2.75, 3.05) is 4.90 Å². The maximum absolute atomic E-state index is 6.43. The first kappa shape index (κ1) is 31.1. The van der Waals surface area contributed by atoms with E-state index in [1.54, 1.807) is 0 Å². The molecule has 0 aliphatic carbocycles. The summed E-state index contributed by atoms with van der Waals surface area (Å²) in [4.78, 5) is 7.20. The summed E-state index contributed by atoms with van der Waals surface area (Å²) in [6.45, 7) is 0. The average Bonchev–Trinajstić information content (AvgIpc) is 3.84. The summed E-state index contributed by atoms with van der Waals surface area (Å²) < 4.78 is 8.80. The van der Waals surface area contributed by atoms with E-state index < -0.39 is 0 Å². The maximum Gasteiger partial charge on any atom is 0.227 e. The molecule has 2 heterocycles. The number of anilines is 3. The van der Waals surface area contributed by atoms with E-state index in [1.807, 2.05) is 30.3 Å². The third-order valence-electron chi connectivity index (χ3n) is 10.8. The quantitative estimate of drug-likeness (QED) is 0.173. The van der Waals surface area contributed by atoms with Crippen molar-refractivity contribution < 1.29 is 4.42 Å². The lowest BCUT2D eigenvalue weighted by Crippen LogP contribution is -2.10. The van der Waals surface area contributed by atoms with Gasteiger partial charge in [0, 0.05) is 44.5 Å². The van der Waals surface area contributed by atoms with E-state index >= 15 is 0 Å². The Morgan fingerprint density at radius 1 is 0.418 bits per heavy atom. The SMILES string of the molecule is c1ccc(-c2nc3ccc4cc(N(c5ccc(-c6cccc7ccccc67)cc5)c5ccc6c7ccccc7n(-c7ccccc7)c6c5)ccc4c3o2)cc1. The number of oxazole rings is 1. The van der Waals surface area contributed by atoms with Gasteiger partial charge >= 0.3 is 0 Å². The third kappa shape index (κ3) is 5.19. The third-order valence-corrected chi connectivity index (χ3v) is 10.8. The number of hydrogen-bond donors (Lipinski definition) is 0. The Labute approximate surface area is 317 Å². The van der Waals surface area contributed by atoms with Crippen LogP contribution in [0.25, 0.3) is 82.7 Å². The highest BCUT2D eigenvalue weighted by atomic mass is 16.3. The molecule has 2 aromatic heterocycles. The average molecular weight is 704 g/mol. The summed E-state index contributed by atoms with van der Waals surface area (Å²) in [5.74, 6) is 0.627. The summed E-state index contributed by atoms with van der Waals surface area (Å²) in [5.41, 5.74) is 11.7. The minimum absolute atomic E-state index is 0.627. The highest BCUT2D eigenvalue weighted by Crippen LogP contribution is 2.42. The Hall–Kier alpha value is -7.43. The Morgan fingerprint density at radius 2 is 1.07 bits per heavy atom. The second kappa shape index (κ2) is 12.6. The molecule has 0 fully saturated rings. The normalized spacial score (nSPS) is 11.6. The summed E-state index contributed by atoms with van der Waals surface area (Å²) >= 11 is 0. The molecule has 11 aromatic rings. The van der Waals surface area contributed by atoms with Crippen LogP contribution in [0.3, 0.4) is 0 Å². The van der Waals surface area contributed by atoms with Gasteiger partial charge in [-0.1, -0.05) is 121 Å². The number of fused-ring (bicyclic) bond motifs is 7. The molecular formula is C51H33N3O. The van der Waals surface area contributed by atoms with Crippen molar-refractivity contribution >= 4 is 71.5 Å². The molecule has 0 radical (unpaired) electrons. The van der Waals surface area contributed by atoms with Gasteiger partial charge in [0.15, 0.2) is 5.58 Å². The molecule has 11 rings (SSSR count). The van der Waals surface area contributed by atoms with Crippen LogP contribution in [-0.2, 0) is 0 Å². The fourth-order valence-electron chi connectivity index (χ4n) is 8.21. The van der Waals surface area contributed by atoms with Gasteiger partial charge in [-0.25, -0.2) is 4.98 Å². The molecule has 55 heavy (non-hydrogen) atoms. The number of benzene rings is 9. The molecule has 0 saturated heterocycles. The molecule has 0 unspecified atom stereocenters. The zero-order valence-corrected chi connectivity index (χ0v) is 29.8. The van der Waals surface area contributed by atoms with Crippen molar-refractivity contribution in [2.24, 2.45) is 0 Å². The minimum atomic E-state index is 0.627. The number of rotatable bonds is 6. The van der Waals surface area contributed by atoms with Crippen molar-refractivity contribution in [1.82, 2.24) is 9.55 Å². The molecule has 0 amide bonds. The molecule has 0 bridgehead atoms. The fraction of sp³-hybridized carbons (Fsp3) is 0. The van der Waals surface area contributed by atoms with E-state index in [1.165, 1.54) is 38.2 Å². The first-order valence-corrected chi connectivity index (χ1v) is 18.6. The number of para-hydroxylation sites is 2. The molecule has 258 valence electrons. The molecule has 0 atom stereocenters. The predicted octanol–water partition coefficient (Wildman–Crippen LogP) is 14.0. The molecule has 0 aliphatic heterocycles. The molecule has 0 saturated carbocycles. The van der Waals surface area contributed by atoms with E-state index in [9.17, 15) is 0 Å². The zero-order chi connectivity index (χ0) is 36.3. The van der Waals surface area contributed by atoms with E-state index in [2.05, 4.69) is 179 Å². The molecule has 0 N–H and O–H groups in total. The Balaban J connectivity index is 1.10. The molecule has 4 heteroatoms. The van der Waals surface area contributed by atoms with Crippen LogP contribution in [0, 0.1) is 0 Å². The lowest BCUT2D eigenvalue weighted by atomic mass is 9.98. The van der Waals surface area contributed by atoms with Crippen molar-refractivity contribution in [1.29, 1.82) is 0 Å². The highest BCUT2D eigenvalue weighted by Gasteiger charge is 2.19. The summed E-state index contributed by atoms with van der Waals surface area (Å²) in [6, 6.07) is 71.2. The van der Waals surface area contributed by atoms with Crippen LogP contribution in [0.5, 0.6) is 0 Å². The van der Waals surface area contributed by atoms with Crippen molar-refractivity contribution in [3.63, 3.8) is 0 Å². The first-order valence-electron chi connectivity index (χ1n) is 18.6. The van der Waals surface area contributed by atoms with Gasteiger partial charge < -0.3 is 13.9 Å². The Bertz CT molecular complexity index is 3190. The van der Waals surface area contributed by atoms with Crippen LogP contribution in [0.1, 0.15) is 0 Å². The lowest BCUT2D eigenvalue weighted by Gasteiger charge is -2.26. The van der Waals surface area contributed by atoms with Crippen molar-refractivity contribution in [3.05, 3.63) is 200 Å². The summed E-state index contributed by atoms with van der Waals surface area (Å²) in [6.07, 6.45) is 0. The van der Waals surface area contributed by atoms with Gasteiger partial charge in [-0.2, -0.15) is 0 Å². The van der Waals surface area contributed by atoms with E-state index in [0.717, 1.165) is 55.7 Å². The predicted molar refractivity (Wildman–Crippen MR) is 229 cm³/mol. The van der Waals surface area contributed by atoms with Crippen molar-refractivity contribution in [2.45, 2.75) is 0 Å². The maximum atomic E-state index is 6.43. The van der Waals surface area contributed by atoms with Gasteiger partial charge in [0.25, 0.3) is 0 Å². The molecule has 0 spiro atoms. The Kier molecular flexibility index (Phi) is 7.14. The fourth-order valence-corrected chi connectivity index (χ4v) is 8.21. The van der Waals surface area contributed by atoms with Crippen molar-refractivity contribution in [3.8, 4) is 28.3 Å². The van der Waals surface area contributed by atoms with Crippen LogP contribution < -0.4 is 4.90 Å². The standard InChI is InChI=1S/C51H33N3O/c1-3-13-36(14-4-1)51-52-47-31-24-37-32-40(27-29-44(37)50(47)55-51)53(39-25-22-35(23-26-39)43-20-11-15-34-12-7-8-18-42(34)43)41-28-30-46-45-19-9-10-21-48(45)54(49(46)33-41)38-16-5-2-6-17-38/h1-33H. The smallest absolute Gasteiger partial charge is 0.227 e. The van der Waals surface area contributed by atoms with Gasteiger partial charge in [0.1, 0.15) is 5.52 Å². The van der Waals surface area contributed by atoms with E-state index in [0.29, 0.717) is 5.89 Å². The second-order valence-electron chi connectivity index (χ2n) is 14.0. The zero-order valence-electron chi connectivity index (χ0n) is 29.8. The summed E-state index contributed by atoms with van der Waals surface area (Å²) in [7, 11) is 0. The number of hydrogen-bond acceptors (Lipinski definition) is 3. The van der Waals surface area contributed by atoms with Crippen LogP contribution in [0.4, 0.5) is 17.1 Å². The van der Waals surface area contributed by atoms with Crippen LogP contribution in [-0.4, -0.2) is 9.55 Å². The molecule has 4 nitrogen and oxygen atoms in total.